The van der Waals surface area contributed by atoms with E-state index in [9.17, 15) is 0 Å². The van der Waals surface area contributed by atoms with Crippen molar-refractivity contribution in [3.63, 3.8) is 0 Å². The molecule has 1 aliphatic rings. The molecule has 16 heavy (non-hydrogen) atoms. The smallest absolute Gasteiger partial charge is 0.0587 e. The summed E-state index contributed by atoms with van der Waals surface area (Å²) in [6.45, 7) is 1.76. The van der Waals surface area contributed by atoms with Gasteiger partial charge in [-0.05, 0) is 30.4 Å². The molecular formula is C13H18BrNO. The SMILES string of the molecule is COCCNC1CC(c2ccccc2Br)C1. The van der Waals surface area contributed by atoms with Crippen molar-refractivity contribution in [1.29, 1.82) is 0 Å². The van der Waals surface area contributed by atoms with Gasteiger partial charge in [-0.1, -0.05) is 34.1 Å². The lowest BCUT2D eigenvalue weighted by Gasteiger charge is -2.36. The predicted molar refractivity (Wildman–Crippen MR) is 69.8 cm³/mol. The zero-order valence-corrected chi connectivity index (χ0v) is 11.2. The second-order valence-electron chi connectivity index (χ2n) is 4.33. The molecule has 2 nitrogen and oxygen atoms in total. The molecule has 0 radical (unpaired) electrons. The highest BCUT2D eigenvalue weighted by Gasteiger charge is 2.30. The van der Waals surface area contributed by atoms with Crippen LogP contribution in [0.3, 0.4) is 0 Å². The average Bonchev–Trinajstić information content (AvgIpc) is 2.23. The van der Waals surface area contributed by atoms with E-state index in [4.69, 9.17) is 4.74 Å². The fourth-order valence-electron chi connectivity index (χ4n) is 2.21. The predicted octanol–water partition coefficient (Wildman–Crippen LogP) is 2.93. The van der Waals surface area contributed by atoms with Crippen molar-refractivity contribution in [3.8, 4) is 0 Å². The van der Waals surface area contributed by atoms with Crippen LogP contribution in [0.1, 0.15) is 24.3 Å². The highest BCUT2D eigenvalue weighted by Crippen LogP contribution is 2.39. The van der Waals surface area contributed by atoms with E-state index in [0.29, 0.717) is 6.04 Å². The summed E-state index contributed by atoms with van der Waals surface area (Å²) < 4.78 is 6.27. The van der Waals surface area contributed by atoms with Gasteiger partial charge in [-0.25, -0.2) is 0 Å². The molecule has 1 aromatic rings. The normalized spacial score (nSPS) is 24.1. The maximum Gasteiger partial charge on any atom is 0.0587 e. The van der Waals surface area contributed by atoms with Gasteiger partial charge in [0.15, 0.2) is 0 Å². The Hall–Kier alpha value is -0.380. The molecule has 0 atom stereocenters. The third-order valence-electron chi connectivity index (χ3n) is 3.22. The van der Waals surface area contributed by atoms with Crippen LogP contribution < -0.4 is 5.32 Å². The van der Waals surface area contributed by atoms with Gasteiger partial charge in [0.05, 0.1) is 6.61 Å². The molecule has 0 spiro atoms. The van der Waals surface area contributed by atoms with Gasteiger partial charge in [-0.2, -0.15) is 0 Å². The summed E-state index contributed by atoms with van der Waals surface area (Å²) in [5.74, 6) is 0.718. The lowest BCUT2D eigenvalue weighted by atomic mass is 9.76. The quantitative estimate of drug-likeness (QED) is 0.839. The van der Waals surface area contributed by atoms with E-state index in [2.05, 4.69) is 45.5 Å². The number of rotatable bonds is 5. The zero-order valence-electron chi connectivity index (χ0n) is 9.58. The molecule has 0 saturated heterocycles. The lowest BCUT2D eigenvalue weighted by Crippen LogP contribution is -2.41. The number of hydrogen-bond donors (Lipinski definition) is 1. The van der Waals surface area contributed by atoms with E-state index >= 15 is 0 Å². The Morgan fingerprint density at radius 1 is 1.38 bits per heavy atom. The van der Waals surface area contributed by atoms with Crippen LogP contribution in [0.15, 0.2) is 28.7 Å². The fraction of sp³-hybridized carbons (Fsp3) is 0.538. The highest BCUT2D eigenvalue weighted by atomic mass is 79.9. The zero-order chi connectivity index (χ0) is 11.4. The van der Waals surface area contributed by atoms with Gasteiger partial charge in [0.1, 0.15) is 0 Å². The van der Waals surface area contributed by atoms with Crippen LogP contribution in [0, 0.1) is 0 Å². The molecule has 1 N–H and O–H groups in total. The third kappa shape index (κ3) is 2.84. The molecule has 1 aromatic carbocycles. The van der Waals surface area contributed by atoms with Gasteiger partial charge >= 0.3 is 0 Å². The second kappa shape index (κ2) is 5.80. The number of benzene rings is 1. The van der Waals surface area contributed by atoms with Crippen LogP contribution in [0.25, 0.3) is 0 Å². The average molecular weight is 284 g/mol. The molecular weight excluding hydrogens is 266 g/mol. The van der Waals surface area contributed by atoms with E-state index in [1.807, 2.05) is 0 Å². The molecule has 0 bridgehead atoms. The Labute approximate surface area is 106 Å². The van der Waals surface area contributed by atoms with E-state index in [0.717, 1.165) is 19.1 Å². The van der Waals surface area contributed by atoms with E-state index in [1.54, 1.807) is 7.11 Å². The standard InChI is InChI=1S/C13H18BrNO/c1-16-7-6-15-11-8-10(9-11)12-4-2-3-5-13(12)14/h2-5,10-11,15H,6-9H2,1H3. The Morgan fingerprint density at radius 3 is 2.81 bits per heavy atom. The van der Waals surface area contributed by atoms with Crippen LogP contribution in [0.4, 0.5) is 0 Å². The fourth-order valence-corrected chi connectivity index (χ4v) is 2.82. The monoisotopic (exact) mass is 283 g/mol. The van der Waals surface area contributed by atoms with Crippen molar-refractivity contribution in [2.45, 2.75) is 24.8 Å². The second-order valence-corrected chi connectivity index (χ2v) is 5.19. The van der Waals surface area contributed by atoms with Crippen LogP contribution in [-0.4, -0.2) is 26.3 Å². The number of hydrogen-bond acceptors (Lipinski definition) is 2. The van der Waals surface area contributed by atoms with E-state index < -0.39 is 0 Å². The van der Waals surface area contributed by atoms with E-state index in [-0.39, 0.29) is 0 Å². The van der Waals surface area contributed by atoms with Crippen LogP contribution in [0.2, 0.25) is 0 Å². The Morgan fingerprint density at radius 2 is 2.12 bits per heavy atom. The molecule has 2 rings (SSSR count). The summed E-state index contributed by atoms with van der Waals surface area (Å²) in [6.07, 6.45) is 2.48. The number of ether oxygens (including phenoxy) is 1. The molecule has 0 unspecified atom stereocenters. The molecule has 88 valence electrons. The summed E-state index contributed by atoms with van der Waals surface area (Å²) in [6, 6.07) is 9.21. The summed E-state index contributed by atoms with van der Waals surface area (Å²) in [7, 11) is 1.74. The first-order valence-electron chi connectivity index (χ1n) is 5.78. The minimum absolute atomic E-state index is 0.673. The van der Waals surface area contributed by atoms with E-state index in [1.165, 1.54) is 22.9 Å². The maximum absolute atomic E-state index is 5.02. The first-order valence-corrected chi connectivity index (χ1v) is 6.57. The lowest BCUT2D eigenvalue weighted by molar-refractivity contribution is 0.184. The van der Waals surface area contributed by atoms with Gasteiger partial charge in [0, 0.05) is 24.2 Å². The number of methoxy groups -OCH3 is 1. The highest BCUT2D eigenvalue weighted by molar-refractivity contribution is 9.10. The minimum atomic E-state index is 0.673. The summed E-state index contributed by atoms with van der Waals surface area (Å²) in [4.78, 5) is 0. The van der Waals surface area contributed by atoms with Gasteiger partial charge < -0.3 is 10.1 Å². The Balaban J connectivity index is 1.78. The summed E-state index contributed by atoms with van der Waals surface area (Å²) in [5, 5.41) is 3.50. The van der Waals surface area contributed by atoms with Crippen molar-refractivity contribution in [2.75, 3.05) is 20.3 Å². The Kier molecular flexibility index (Phi) is 4.38. The topological polar surface area (TPSA) is 21.3 Å². The number of nitrogens with one attached hydrogen (secondary N) is 1. The molecule has 0 amide bonds. The first kappa shape index (κ1) is 12.1. The van der Waals surface area contributed by atoms with Gasteiger partial charge in [-0.15, -0.1) is 0 Å². The third-order valence-corrected chi connectivity index (χ3v) is 3.94. The van der Waals surface area contributed by atoms with Crippen molar-refractivity contribution in [1.82, 2.24) is 5.32 Å². The number of halogens is 1. The molecule has 0 heterocycles. The molecule has 1 saturated carbocycles. The van der Waals surface area contributed by atoms with Crippen molar-refractivity contribution in [2.24, 2.45) is 0 Å². The molecule has 1 aliphatic carbocycles. The first-order chi connectivity index (χ1) is 7.81. The van der Waals surface area contributed by atoms with Crippen LogP contribution >= 0.6 is 15.9 Å². The largest absolute Gasteiger partial charge is 0.383 e. The minimum Gasteiger partial charge on any atom is -0.383 e. The molecule has 0 aliphatic heterocycles. The van der Waals surface area contributed by atoms with Gasteiger partial charge in [-0.3, -0.25) is 0 Å². The van der Waals surface area contributed by atoms with Gasteiger partial charge in [0.25, 0.3) is 0 Å². The Bertz CT molecular complexity index is 336. The van der Waals surface area contributed by atoms with Gasteiger partial charge in [0.2, 0.25) is 0 Å². The van der Waals surface area contributed by atoms with Crippen LogP contribution in [0.5, 0.6) is 0 Å². The maximum atomic E-state index is 5.02. The van der Waals surface area contributed by atoms with Crippen molar-refractivity contribution < 1.29 is 4.74 Å². The molecule has 3 heteroatoms. The van der Waals surface area contributed by atoms with Crippen molar-refractivity contribution >= 4 is 15.9 Å². The van der Waals surface area contributed by atoms with Crippen LogP contribution in [-0.2, 0) is 4.74 Å². The molecule has 1 fully saturated rings. The molecule has 0 aromatic heterocycles. The van der Waals surface area contributed by atoms with Crippen molar-refractivity contribution in [3.05, 3.63) is 34.3 Å². The summed E-state index contributed by atoms with van der Waals surface area (Å²) in [5.41, 5.74) is 1.45. The summed E-state index contributed by atoms with van der Waals surface area (Å²) >= 11 is 3.61.